The smallest absolute Gasteiger partial charge is 0.381 e. The van der Waals surface area contributed by atoms with E-state index in [4.69, 9.17) is 4.74 Å². The molecule has 0 aliphatic carbocycles. The summed E-state index contributed by atoms with van der Waals surface area (Å²) in [4.78, 5) is 13.2. The minimum absolute atomic E-state index is 0.107. The fraction of sp³-hybridized carbons (Fsp3) is 0.833. The van der Waals surface area contributed by atoms with Gasteiger partial charge >= 0.3 is 5.95 Å². The van der Waals surface area contributed by atoms with E-state index in [2.05, 4.69) is 6.92 Å². The molecule has 2 rings (SSSR count). The molecular weight excluding hydrogens is 253 g/mol. The van der Waals surface area contributed by atoms with E-state index in [1.807, 2.05) is 0 Å². The molecule has 2 unspecified atom stereocenters. The van der Waals surface area contributed by atoms with Crippen molar-refractivity contribution >= 4 is 0 Å². The van der Waals surface area contributed by atoms with E-state index >= 15 is 0 Å². The van der Waals surface area contributed by atoms with Crippen LogP contribution in [-0.2, 0) is 4.74 Å². The van der Waals surface area contributed by atoms with Gasteiger partial charge in [-0.3, -0.25) is 10.1 Å². The molecule has 0 aromatic rings. The maximum absolute atomic E-state index is 13.7. The van der Waals surface area contributed by atoms with Gasteiger partial charge in [0.25, 0.3) is 0 Å². The molecule has 0 aromatic heterocycles. The maximum Gasteiger partial charge on any atom is 0.460 e. The number of nitro groups is 1. The molecule has 2 aliphatic rings. The fourth-order valence-electron chi connectivity index (χ4n) is 2.72. The first kappa shape index (κ1) is 14.0. The Morgan fingerprint density at radius 3 is 2.84 bits per heavy atom. The summed E-state index contributed by atoms with van der Waals surface area (Å²) in [5.41, 5.74) is 0. The van der Waals surface area contributed by atoms with Crippen molar-refractivity contribution < 1.29 is 14.1 Å². The zero-order valence-corrected chi connectivity index (χ0v) is 11.3. The van der Waals surface area contributed by atoms with E-state index in [0.29, 0.717) is 44.7 Å². The molecule has 2 atom stereocenters. The molecule has 0 radical (unpaired) electrons. The summed E-state index contributed by atoms with van der Waals surface area (Å²) in [6, 6.07) is 0. The van der Waals surface area contributed by atoms with Crippen LogP contribution in [0.2, 0.25) is 0 Å². The van der Waals surface area contributed by atoms with Crippen molar-refractivity contribution in [3.05, 3.63) is 21.9 Å². The summed E-state index contributed by atoms with van der Waals surface area (Å²) in [5, 5.41) is 10.7. The summed E-state index contributed by atoms with van der Waals surface area (Å²) in [5.74, 6) is -0.433. The molecule has 19 heavy (non-hydrogen) atoms. The van der Waals surface area contributed by atoms with Crippen LogP contribution in [-0.4, -0.2) is 54.6 Å². The van der Waals surface area contributed by atoms with Crippen molar-refractivity contribution in [2.24, 2.45) is 11.8 Å². The van der Waals surface area contributed by atoms with Crippen LogP contribution in [0.1, 0.15) is 13.3 Å². The zero-order chi connectivity index (χ0) is 14.0. The number of nitrogens with zero attached hydrogens (tertiary/aromatic N) is 3. The molecule has 2 aliphatic heterocycles. The minimum atomic E-state index is -1.26. The third-order valence-corrected chi connectivity index (χ3v) is 3.90. The molecule has 2 saturated heterocycles. The Morgan fingerprint density at radius 1 is 1.53 bits per heavy atom. The standard InChI is InChI=1S/C12H20FN3O3/c1-9-7-19-8-10(9)6-15-5-3-4-14(2)12(15)11(13)16(17)18/h9-10H,3-8H2,1-2H3. The summed E-state index contributed by atoms with van der Waals surface area (Å²) in [6.07, 6.45) is 0.882. The van der Waals surface area contributed by atoms with Crippen molar-refractivity contribution in [2.45, 2.75) is 13.3 Å². The molecule has 0 amide bonds. The average molecular weight is 273 g/mol. The second kappa shape index (κ2) is 5.73. The van der Waals surface area contributed by atoms with Crippen LogP contribution in [0.15, 0.2) is 11.8 Å². The van der Waals surface area contributed by atoms with Crippen LogP contribution in [0.4, 0.5) is 4.39 Å². The van der Waals surface area contributed by atoms with E-state index in [9.17, 15) is 14.5 Å². The van der Waals surface area contributed by atoms with Crippen LogP contribution in [0, 0.1) is 22.0 Å². The number of ether oxygens (including phenoxy) is 1. The third-order valence-electron chi connectivity index (χ3n) is 3.90. The highest BCUT2D eigenvalue weighted by Gasteiger charge is 2.34. The predicted molar refractivity (Wildman–Crippen MR) is 67.4 cm³/mol. The molecule has 2 heterocycles. The molecule has 108 valence electrons. The van der Waals surface area contributed by atoms with Gasteiger partial charge in [0.1, 0.15) is 0 Å². The third kappa shape index (κ3) is 2.97. The van der Waals surface area contributed by atoms with E-state index in [0.717, 1.165) is 6.42 Å². The van der Waals surface area contributed by atoms with Gasteiger partial charge in [-0.1, -0.05) is 6.92 Å². The summed E-state index contributed by atoms with van der Waals surface area (Å²) in [6.45, 7) is 5.37. The molecule has 0 bridgehead atoms. The highest BCUT2D eigenvalue weighted by molar-refractivity contribution is 5.04. The van der Waals surface area contributed by atoms with Gasteiger partial charge in [0.15, 0.2) is 0 Å². The molecule has 0 saturated carbocycles. The van der Waals surface area contributed by atoms with Crippen molar-refractivity contribution in [3.8, 4) is 0 Å². The molecule has 6 nitrogen and oxygen atoms in total. The van der Waals surface area contributed by atoms with Crippen molar-refractivity contribution in [2.75, 3.05) is 39.9 Å². The minimum Gasteiger partial charge on any atom is -0.381 e. The van der Waals surface area contributed by atoms with Gasteiger partial charge in [-0.05, 0) is 12.3 Å². The van der Waals surface area contributed by atoms with Gasteiger partial charge < -0.3 is 14.5 Å². The zero-order valence-electron chi connectivity index (χ0n) is 11.3. The highest BCUT2D eigenvalue weighted by atomic mass is 19.1. The van der Waals surface area contributed by atoms with Crippen molar-refractivity contribution in [1.29, 1.82) is 0 Å². The lowest BCUT2D eigenvalue weighted by atomic mass is 9.97. The Labute approximate surface area is 112 Å². The Morgan fingerprint density at radius 2 is 2.26 bits per heavy atom. The second-order valence-electron chi connectivity index (χ2n) is 5.37. The first-order chi connectivity index (χ1) is 9.00. The number of rotatable bonds is 3. The second-order valence-corrected chi connectivity index (χ2v) is 5.37. The van der Waals surface area contributed by atoms with Gasteiger partial charge in [0.05, 0.1) is 11.5 Å². The number of hydrogen-bond acceptors (Lipinski definition) is 5. The van der Waals surface area contributed by atoms with E-state index < -0.39 is 10.9 Å². The first-order valence-corrected chi connectivity index (χ1v) is 6.58. The Kier molecular flexibility index (Phi) is 4.24. The van der Waals surface area contributed by atoms with Gasteiger partial charge in [-0.15, -0.1) is 4.39 Å². The Hall–Kier alpha value is -1.37. The molecule has 7 heteroatoms. The van der Waals surface area contributed by atoms with E-state index in [1.165, 1.54) is 0 Å². The quantitative estimate of drug-likeness (QED) is 0.440. The van der Waals surface area contributed by atoms with Crippen molar-refractivity contribution in [3.63, 3.8) is 0 Å². The van der Waals surface area contributed by atoms with E-state index in [1.54, 1.807) is 16.8 Å². The Balaban J connectivity index is 2.16. The monoisotopic (exact) mass is 273 g/mol. The lowest BCUT2D eigenvalue weighted by molar-refractivity contribution is -0.451. The van der Waals surface area contributed by atoms with Crippen LogP contribution in [0.5, 0.6) is 0 Å². The summed E-state index contributed by atoms with van der Waals surface area (Å²) in [7, 11) is 1.69. The summed E-state index contributed by atoms with van der Waals surface area (Å²) < 4.78 is 19.1. The van der Waals surface area contributed by atoms with Crippen molar-refractivity contribution in [1.82, 2.24) is 9.80 Å². The van der Waals surface area contributed by atoms with Crippen LogP contribution in [0.3, 0.4) is 0 Å². The van der Waals surface area contributed by atoms with Gasteiger partial charge in [0, 0.05) is 39.2 Å². The van der Waals surface area contributed by atoms with Crippen LogP contribution < -0.4 is 0 Å². The van der Waals surface area contributed by atoms with Crippen LogP contribution >= 0.6 is 0 Å². The summed E-state index contributed by atoms with van der Waals surface area (Å²) >= 11 is 0. The number of halogens is 1. The largest absolute Gasteiger partial charge is 0.460 e. The topological polar surface area (TPSA) is 58.8 Å². The molecular formula is C12H20FN3O3. The first-order valence-electron chi connectivity index (χ1n) is 6.58. The predicted octanol–water partition coefficient (Wildman–Crippen LogP) is 1.28. The van der Waals surface area contributed by atoms with Crippen LogP contribution in [0.25, 0.3) is 0 Å². The van der Waals surface area contributed by atoms with Gasteiger partial charge in [-0.25, -0.2) is 0 Å². The van der Waals surface area contributed by atoms with E-state index in [-0.39, 0.29) is 5.82 Å². The molecule has 0 aromatic carbocycles. The Bertz CT molecular complexity index is 388. The maximum atomic E-state index is 13.7. The normalized spacial score (nSPS) is 30.7. The fourth-order valence-corrected chi connectivity index (χ4v) is 2.72. The number of hydrogen-bond donors (Lipinski definition) is 0. The van der Waals surface area contributed by atoms with Gasteiger partial charge in [-0.2, -0.15) is 0 Å². The average Bonchev–Trinajstić information content (AvgIpc) is 2.74. The molecule has 0 spiro atoms. The SMILES string of the molecule is CC1COCC1CN1CCCN(C)C1=C(F)[N+](=O)[O-]. The highest BCUT2D eigenvalue weighted by Crippen LogP contribution is 2.27. The lowest BCUT2D eigenvalue weighted by Crippen LogP contribution is -2.44. The molecule has 0 N–H and O–H groups in total. The van der Waals surface area contributed by atoms with Gasteiger partial charge in [0.2, 0.25) is 5.82 Å². The molecule has 2 fully saturated rings. The lowest BCUT2D eigenvalue weighted by Gasteiger charge is -2.38.